The molecule has 3 aromatic heterocycles. The second kappa shape index (κ2) is 5.90. The van der Waals surface area contributed by atoms with E-state index in [2.05, 4.69) is 15.3 Å². The van der Waals surface area contributed by atoms with Gasteiger partial charge in [-0.3, -0.25) is 13.8 Å². The maximum atomic E-state index is 12.9. The molecule has 2 unspecified atom stereocenters. The average molecular weight is 385 g/mol. The van der Waals surface area contributed by atoms with Crippen LogP contribution in [0.4, 0.5) is 0 Å². The Balaban J connectivity index is 1.73. The molecule has 0 aliphatic carbocycles. The Morgan fingerprint density at radius 3 is 2.96 bits per heavy atom. The fourth-order valence-corrected chi connectivity index (χ4v) is 4.09. The Bertz CT molecular complexity index is 1240. The Labute approximate surface area is 158 Å². The zero-order valence-electron chi connectivity index (χ0n) is 14.8. The van der Waals surface area contributed by atoms with Gasteiger partial charge >= 0.3 is 0 Å². The number of benzene rings is 1. The van der Waals surface area contributed by atoms with Crippen molar-refractivity contribution in [1.29, 1.82) is 0 Å². The number of fused-ring (bicyclic) bond motifs is 3. The van der Waals surface area contributed by atoms with Crippen LogP contribution < -0.4 is 5.56 Å². The summed E-state index contributed by atoms with van der Waals surface area (Å²) in [4.78, 5) is 17.4. The average Bonchev–Trinajstić information content (AvgIpc) is 3.37. The standard InChI is InChI=1S/C18H17ClN6O2/c1-10-11(6-7-27-10)13-8-25(22-21-13)16-17-23(2)18(26)15-12(19)4-3-5-14(15)24(17)9-20-16/h3-5,8-11H,6-7H2,1-2H3. The van der Waals surface area contributed by atoms with Crippen molar-refractivity contribution in [1.82, 2.24) is 28.9 Å². The van der Waals surface area contributed by atoms with Crippen molar-refractivity contribution in [3.8, 4) is 5.82 Å². The van der Waals surface area contributed by atoms with Gasteiger partial charge in [-0.1, -0.05) is 22.9 Å². The SMILES string of the molecule is CC1OCCC1c1cn(-c2ncn3c4cccc(Cl)c4c(=O)n(C)c23)nn1. The molecule has 1 aliphatic heterocycles. The van der Waals surface area contributed by atoms with Crippen LogP contribution in [-0.2, 0) is 11.8 Å². The van der Waals surface area contributed by atoms with Gasteiger partial charge in [-0.25, -0.2) is 4.98 Å². The van der Waals surface area contributed by atoms with Gasteiger partial charge in [-0.2, -0.15) is 4.68 Å². The van der Waals surface area contributed by atoms with Crippen molar-refractivity contribution >= 4 is 28.2 Å². The van der Waals surface area contributed by atoms with Gasteiger partial charge in [0.1, 0.15) is 6.33 Å². The Hall–Kier alpha value is -2.71. The van der Waals surface area contributed by atoms with E-state index in [4.69, 9.17) is 16.3 Å². The van der Waals surface area contributed by atoms with Crippen LogP contribution in [0.5, 0.6) is 0 Å². The number of aryl methyl sites for hydroxylation is 1. The molecule has 1 aliphatic rings. The molecular weight excluding hydrogens is 368 g/mol. The lowest BCUT2D eigenvalue weighted by Gasteiger charge is -2.10. The molecular formula is C18H17ClN6O2. The van der Waals surface area contributed by atoms with Crippen molar-refractivity contribution in [2.24, 2.45) is 7.05 Å². The number of ether oxygens (including phenoxy) is 1. The highest BCUT2D eigenvalue weighted by Gasteiger charge is 2.29. The minimum Gasteiger partial charge on any atom is -0.378 e. The third-order valence-corrected chi connectivity index (χ3v) is 5.61. The molecule has 0 spiro atoms. The topological polar surface area (TPSA) is 79.2 Å². The van der Waals surface area contributed by atoms with Crippen LogP contribution in [0, 0.1) is 0 Å². The number of hydrogen-bond donors (Lipinski definition) is 0. The van der Waals surface area contributed by atoms with E-state index in [9.17, 15) is 4.79 Å². The quantitative estimate of drug-likeness (QED) is 0.530. The normalized spacial score (nSPS) is 20.1. The summed E-state index contributed by atoms with van der Waals surface area (Å²) in [5.74, 6) is 0.762. The predicted octanol–water partition coefficient (Wildman–Crippen LogP) is 2.31. The highest BCUT2D eigenvalue weighted by atomic mass is 35.5. The third kappa shape index (κ3) is 2.33. The Morgan fingerprint density at radius 2 is 2.19 bits per heavy atom. The summed E-state index contributed by atoms with van der Waals surface area (Å²) in [6.07, 6.45) is 4.58. The molecule has 0 amide bonds. The molecule has 1 saturated heterocycles. The minimum atomic E-state index is -0.178. The van der Waals surface area contributed by atoms with Crippen molar-refractivity contribution < 1.29 is 4.74 Å². The Morgan fingerprint density at radius 1 is 1.33 bits per heavy atom. The Kier molecular flexibility index (Phi) is 3.60. The van der Waals surface area contributed by atoms with Crippen LogP contribution in [0.25, 0.3) is 22.4 Å². The highest BCUT2D eigenvalue weighted by molar-refractivity contribution is 6.35. The molecule has 0 radical (unpaired) electrons. The van der Waals surface area contributed by atoms with Gasteiger partial charge in [0.2, 0.25) is 0 Å². The fraction of sp³-hybridized carbons (Fsp3) is 0.333. The smallest absolute Gasteiger partial charge is 0.262 e. The van der Waals surface area contributed by atoms with E-state index in [1.165, 1.54) is 0 Å². The van der Waals surface area contributed by atoms with Crippen LogP contribution in [0.3, 0.4) is 0 Å². The lowest BCUT2D eigenvalue weighted by molar-refractivity contribution is 0.118. The summed E-state index contributed by atoms with van der Waals surface area (Å²) in [6, 6.07) is 5.38. The predicted molar refractivity (Wildman–Crippen MR) is 101 cm³/mol. The second-order valence-corrected chi connectivity index (χ2v) is 7.23. The van der Waals surface area contributed by atoms with E-state index in [-0.39, 0.29) is 17.6 Å². The first-order valence-electron chi connectivity index (χ1n) is 8.74. The fourth-order valence-electron chi connectivity index (χ4n) is 3.84. The molecule has 8 nitrogen and oxygen atoms in total. The van der Waals surface area contributed by atoms with E-state index in [0.29, 0.717) is 27.4 Å². The number of hydrogen-bond acceptors (Lipinski definition) is 5. The van der Waals surface area contributed by atoms with Crippen LogP contribution >= 0.6 is 11.6 Å². The van der Waals surface area contributed by atoms with Gasteiger partial charge < -0.3 is 4.74 Å². The molecule has 9 heteroatoms. The molecule has 138 valence electrons. The number of nitrogens with zero attached hydrogens (tertiary/aromatic N) is 6. The lowest BCUT2D eigenvalue weighted by atomic mass is 10.00. The van der Waals surface area contributed by atoms with Crippen molar-refractivity contribution in [2.75, 3.05) is 6.61 Å². The van der Waals surface area contributed by atoms with Crippen LogP contribution in [0.15, 0.2) is 35.5 Å². The van der Waals surface area contributed by atoms with E-state index >= 15 is 0 Å². The van der Waals surface area contributed by atoms with Gasteiger partial charge in [0.15, 0.2) is 11.5 Å². The molecule has 1 aromatic carbocycles. The summed E-state index contributed by atoms with van der Waals surface area (Å²) < 4.78 is 10.6. The van der Waals surface area contributed by atoms with Crippen molar-refractivity contribution in [2.45, 2.75) is 25.4 Å². The van der Waals surface area contributed by atoms with Crippen LogP contribution in [0.1, 0.15) is 25.0 Å². The molecule has 5 rings (SSSR count). The van der Waals surface area contributed by atoms with Gasteiger partial charge in [-0.15, -0.1) is 5.10 Å². The third-order valence-electron chi connectivity index (χ3n) is 5.30. The highest BCUT2D eigenvalue weighted by Crippen LogP contribution is 2.30. The van der Waals surface area contributed by atoms with Crippen LogP contribution in [0.2, 0.25) is 5.02 Å². The molecule has 1 fully saturated rings. The molecule has 0 saturated carbocycles. The number of aromatic nitrogens is 6. The summed E-state index contributed by atoms with van der Waals surface area (Å²) in [5.41, 5.74) is 2.03. The van der Waals surface area contributed by atoms with E-state index in [1.54, 1.807) is 28.7 Å². The zero-order valence-corrected chi connectivity index (χ0v) is 15.6. The van der Waals surface area contributed by atoms with Gasteiger partial charge in [-0.05, 0) is 25.5 Å². The number of halogens is 1. The molecule has 0 N–H and O–H groups in total. The molecule has 2 atom stereocenters. The van der Waals surface area contributed by atoms with Crippen molar-refractivity contribution in [3.63, 3.8) is 0 Å². The summed E-state index contributed by atoms with van der Waals surface area (Å²) >= 11 is 6.26. The minimum absolute atomic E-state index is 0.115. The molecule has 27 heavy (non-hydrogen) atoms. The van der Waals surface area contributed by atoms with Crippen molar-refractivity contribution in [3.05, 3.63) is 51.8 Å². The van der Waals surface area contributed by atoms with Gasteiger partial charge in [0, 0.05) is 19.6 Å². The zero-order chi connectivity index (χ0) is 18.7. The van der Waals surface area contributed by atoms with E-state index < -0.39 is 0 Å². The van der Waals surface area contributed by atoms with Gasteiger partial charge in [0.05, 0.1) is 33.9 Å². The molecule has 4 aromatic rings. The summed E-state index contributed by atoms with van der Waals surface area (Å²) in [7, 11) is 1.70. The second-order valence-electron chi connectivity index (χ2n) is 6.82. The molecule has 0 bridgehead atoms. The number of rotatable bonds is 2. The monoisotopic (exact) mass is 384 g/mol. The van der Waals surface area contributed by atoms with Crippen LogP contribution in [-0.4, -0.2) is 41.7 Å². The first kappa shape index (κ1) is 16.5. The van der Waals surface area contributed by atoms with E-state index in [0.717, 1.165) is 18.7 Å². The molecule has 4 heterocycles. The summed E-state index contributed by atoms with van der Waals surface area (Å²) in [5, 5.41) is 9.45. The maximum absolute atomic E-state index is 12.9. The maximum Gasteiger partial charge on any atom is 0.262 e. The number of imidazole rings is 1. The van der Waals surface area contributed by atoms with Gasteiger partial charge in [0.25, 0.3) is 5.56 Å². The largest absolute Gasteiger partial charge is 0.378 e. The first-order valence-corrected chi connectivity index (χ1v) is 9.12. The summed E-state index contributed by atoms with van der Waals surface area (Å²) in [6.45, 7) is 2.77. The first-order chi connectivity index (χ1) is 13.1. The van der Waals surface area contributed by atoms with E-state index in [1.807, 2.05) is 29.7 Å². The lowest BCUT2D eigenvalue weighted by Crippen LogP contribution is -2.20.